The van der Waals surface area contributed by atoms with Crippen LogP contribution in [0.4, 0.5) is 0 Å². The van der Waals surface area contributed by atoms with E-state index in [1.807, 2.05) is 42.6 Å². The summed E-state index contributed by atoms with van der Waals surface area (Å²) in [5, 5.41) is 4.99. The number of rotatable bonds is 5. The number of carbonyl (C=O) groups excluding carboxylic acids is 1. The van der Waals surface area contributed by atoms with Gasteiger partial charge in [0.1, 0.15) is 5.69 Å². The lowest BCUT2D eigenvalue weighted by molar-refractivity contribution is 0.0954. The van der Waals surface area contributed by atoms with Crippen LogP contribution in [0.5, 0.6) is 0 Å². The Hall–Kier alpha value is -2.40. The molecule has 0 aliphatic carbocycles. The van der Waals surface area contributed by atoms with Crippen molar-refractivity contribution in [3.63, 3.8) is 0 Å². The van der Waals surface area contributed by atoms with E-state index in [9.17, 15) is 4.79 Å². The molecule has 0 aliphatic heterocycles. The quantitative estimate of drug-likeness (QED) is 0.758. The van der Waals surface area contributed by atoms with Crippen molar-refractivity contribution >= 4 is 17.2 Å². The van der Waals surface area contributed by atoms with Gasteiger partial charge in [-0.3, -0.25) is 4.79 Å². The van der Waals surface area contributed by atoms with Crippen molar-refractivity contribution in [2.24, 2.45) is 0 Å². The van der Waals surface area contributed by atoms with Gasteiger partial charge >= 0.3 is 0 Å². The third kappa shape index (κ3) is 3.26. The fourth-order valence-corrected chi connectivity index (χ4v) is 3.08. The van der Waals surface area contributed by atoms with Crippen LogP contribution in [0.1, 0.15) is 21.6 Å². The number of H-pyrrole nitrogens is 1. The Morgan fingerprint density at radius 1 is 1.32 bits per heavy atom. The van der Waals surface area contributed by atoms with Gasteiger partial charge < -0.3 is 10.3 Å². The van der Waals surface area contributed by atoms with Crippen LogP contribution in [0.25, 0.3) is 10.6 Å². The predicted octanol–water partition coefficient (Wildman–Crippen LogP) is 3.42. The number of nitrogens with zero attached hydrogens (tertiary/aromatic N) is 1. The number of nitrogens with one attached hydrogen (secondary N) is 2. The van der Waals surface area contributed by atoms with Gasteiger partial charge in [-0.1, -0.05) is 23.8 Å². The van der Waals surface area contributed by atoms with Gasteiger partial charge in [-0.05, 0) is 30.5 Å². The molecule has 2 aromatic heterocycles. The molecular weight excluding hydrogens is 294 g/mol. The Balaban J connectivity index is 1.60. The maximum Gasteiger partial charge on any atom is 0.251 e. The number of imidazole rings is 1. The second kappa shape index (κ2) is 6.58. The minimum Gasteiger partial charge on any atom is -0.352 e. The Kier molecular flexibility index (Phi) is 4.34. The van der Waals surface area contributed by atoms with Crippen LogP contribution >= 0.6 is 11.3 Å². The molecule has 1 amide bonds. The van der Waals surface area contributed by atoms with Gasteiger partial charge in [-0.2, -0.15) is 0 Å². The highest BCUT2D eigenvalue weighted by Gasteiger charge is 2.10. The molecule has 22 heavy (non-hydrogen) atoms. The number of hydrogen-bond donors (Lipinski definition) is 2. The van der Waals surface area contributed by atoms with Crippen molar-refractivity contribution in [2.75, 3.05) is 6.54 Å². The molecule has 1 aromatic carbocycles. The first-order chi connectivity index (χ1) is 10.7. The van der Waals surface area contributed by atoms with Crippen LogP contribution in [0.15, 0.2) is 48.1 Å². The van der Waals surface area contributed by atoms with Crippen molar-refractivity contribution in [1.29, 1.82) is 0 Å². The summed E-state index contributed by atoms with van der Waals surface area (Å²) >= 11 is 1.66. The van der Waals surface area contributed by atoms with Crippen LogP contribution in [0, 0.1) is 6.92 Å². The molecule has 0 radical (unpaired) electrons. The summed E-state index contributed by atoms with van der Waals surface area (Å²) in [5.74, 6) is -0.0408. The average molecular weight is 311 g/mol. The summed E-state index contributed by atoms with van der Waals surface area (Å²) in [7, 11) is 0. The summed E-state index contributed by atoms with van der Waals surface area (Å²) < 4.78 is 0. The van der Waals surface area contributed by atoms with Crippen LogP contribution in [0.2, 0.25) is 0 Å². The molecule has 0 aliphatic rings. The fraction of sp³-hybridized carbons (Fsp3) is 0.176. The molecule has 5 heteroatoms. The molecule has 3 aromatic rings. The summed E-state index contributed by atoms with van der Waals surface area (Å²) in [6.45, 7) is 2.56. The van der Waals surface area contributed by atoms with E-state index in [2.05, 4.69) is 21.4 Å². The lowest BCUT2D eigenvalue weighted by Gasteiger charge is -2.06. The largest absolute Gasteiger partial charge is 0.352 e. The fourth-order valence-electron chi connectivity index (χ4n) is 2.33. The predicted molar refractivity (Wildman–Crippen MR) is 89.1 cm³/mol. The van der Waals surface area contributed by atoms with E-state index in [1.54, 1.807) is 17.7 Å². The molecule has 2 N–H and O–H groups in total. The Morgan fingerprint density at radius 3 is 3.00 bits per heavy atom. The normalized spacial score (nSPS) is 10.6. The summed E-state index contributed by atoms with van der Waals surface area (Å²) in [4.78, 5) is 20.8. The van der Waals surface area contributed by atoms with E-state index in [-0.39, 0.29) is 5.91 Å². The smallest absolute Gasteiger partial charge is 0.251 e. The Bertz CT molecular complexity index is 762. The maximum absolute atomic E-state index is 12.1. The van der Waals surface area contributed by atoms with E-state index in [4.69, 9.17) is 0 Å². The van der Waals surface area contributed by atoms with E-state index < -0.39 is 0 Å². The summed E-state index contributed by atoms with van der Waals surface area (Å²) in [5.41, 5.74) is 3.80. The molecule has 0 saturated carbocycles. The summed E-state index contributed by atoms with van der Waals surface area (Å²) in [6.07, 6.45) is 2.43. The Morgan fingerprint density at radius 2 is 2.23 bits per heavy atom. The molecule has 3 rings (SSSR count). The van der Waals surface area contributed by atoms with Gasteiger partial charge in [0.15, 0.2) is 0 Å². The monoisotopic (exact) mass is 311 g/mol. The van der Waals surface area contributed by atoms with Crippen molar-refractivity contribution in [1.82, 2.24) is 15.3 Å². The minimum absolute atomic E-state index is 0.0408. The topological polar surface area (TPSA) is 57.8 Å². The highest BCUT2D eigenvalue weighted by Crippen LogP contribution is 2.25. The standard InChI is InChI=1S/C17H17N3OS/c1-12-4-2-5-13(10-12)17(21)18-8-7-14-16(20-11-19-14)15-6-3-9-22-15/h2-6,9-11H,7-8H2,1H3,(H,18,21)(H,19,20). The molecule has 0 bridgehead atoms. The SMILES string of the molecule is Cc1cccc(C(=O)NCCc2[nH]cnc2-c2cccs2)c1. The molecule has 0 atom stereocenters. The van der Waals surface area contributed by atoms with E-state index in [0.29, 0.717) is 12.1 Å². The maximum atomic E-state index is 12.1. The lowest BCUT2D eigenvalue weighted by Crippen LogP contribution is -2.25. The van der Waals surface area contributed by atoms with Crippen LogP contribution in [-0.4, -0.2) is 22.4 Å². The first-order valence-corrected chi connectivity index (χ1v) is 8.03. The van der Waals surface area contributed by atoms with Crippen LogP contribution < -0.4 is 5.32 Å². The molecule has 112 valence electrons. The third-order valence-corrected chi connectivity index (χ3v) is 4.29. The molecule has 0 unspecified atom stereocenters. The number of aryl methyl sites for hydroxylation is 1. The second-order valence-electron chi connectivity index (χ2n) is 5.08. The zero-order valence-corrected chi connectivity index (χ0v) is 13.1. The van der Waals surface area contributed by atoms with Crippen molar-refractivity contribution in [3.8, 4) is 10.6 Å². The molecule has 0 spiro atoms. The van der Waals surface area contributed by atoms with E-state index >= 15 is 0 Å². The average Bonchev–Trinajstić information content (AvgIpc) is 3.17. The molecular formula is C17H17N3OS. The molecule has 0 saturated heterocycles. The Labute approximate surface area is 133 Å². The van der Waals surface area contributed by atoms with Crippen LogP contribution in [0.3, 0.4) is 0 Å². The molecule has 0 fully saturated rings. The molecule has 4 nitrogen and oxygen atoms in total. The van der Waals surface area contributed by atoms with Gasteiger partial charge in [0, 0.05) is 24.2 Å². The zero-order valence-electron chi connectivity index (χ0n) is 12.3. The highest BCUT2D eigenvalue weighted by atomic mass is 32.1. The van der Waals surface area contributed by atoms with Gasteiger partial charge in [-0.15, -0.1) is 11.3 Å². The van der Waals surface area contributed by atoms with Crippen molar-refractivity contribution < 1.29 is 4.79 Å². The molecule has 2 heterocycles. The van der Waals surface area contributed by atoms with Gasteiger partial charge in [0.05, 0.1) is 11.2 Å². The lowest BCUT2D eigenvalue weighted by atomic mass is 10.1. The summed E-state index contributed by atoms with van der Waals surface area (Å²) in [6, 6.07) is 11.7. The first-order valence-electron chi connectivity index (χ1n) is 7.15. The van der Waals surface area contributed by atoms with Crippen LogP contribution in [-0.2, 0) is 6.42 Å². The van der Waals surface area contributed by atoms with Gasteiger partial charge in [-0.25, -0.2) is 4.98 Å². The number of aromatic amines is 1. The second-order valence-corrected chi connectivity index (χ2v) is 6.03. The zero-order chi connectivity index (χ0) is 15.4. The van der Waals surface area contributed by atoms with E-state index in [1.165, 1.54) is 0 Å². The first kappa shape index (κ1) is 14.5. The number of aromatic nitrogens is 2. The number of carbonyl (C=O) groups is 1. The number of thiophene rings is 1. The van der Waals surface area contributed by atoms with Crippen molar-refractivity contribution in [2.45, 2.75) is 13.3 Å². The van der Waals surface area contributed by atoms with Crippen molar-refractivity contribution in [3.05, 3.63) is 64.9 Å². The van der Waals surface area contributed by atoms with Gasteiger partial charge in [0.25, 0.3) is 5.91 Å². The highest BCUT2D eigenvalue weighted by molar-refractivity contribution is 7.13. The van der Waals surface area contributed by atoms with E-state index in [0.717, 1.165) is 28.2 Å². The number of hydrogen-bond acceptors (Lipinski definition) is 3. The minimum atomic E-state index is -0.0408. The number of benzene rings is 1. The van der Waals surface area contributed by atoms with Gasteiger partial charge in [0.2, 0.25) is 0 Å². The third-order valence-electron chi connectivity index (χ3n) is 3.41. The number of amides is 1.